The minimum atomic E-state index is -0.671. The molecule has 1 N–H and O–H groups in total. The first-order valence-corrected chi connectivity index (χ1v) is 11.5. The lowest BCUT2D eigenvalue weighted by molar-refractivity contribution is -0.122. The second-order valence-corrected chi connectivity index (χ2v) is 8.77. The topological polar surface area (TPSA) is 102 Å². The van der Waals surface area contributed by atoms with Gasteiger partial charge in [-0.15, -0.1) is 0 Å². The average Bonchev–Trinajstić information content (AvgIpc) is 3.08. The molecule has 1 aliphatic heterocycles. The van der Waals surface area contributed by atoms with Gasteiger partial charge in [0.05, 0.1) is 29.7 Å². The fraction of sp³-hybridized carbons (Fsp3) is 0.385. The summed E-state index contributed by atoms with van der Waals surface area (Å²) in [6.07, 6.45) is 2.41. The van der Waals surface area contributed by atoms with Crippen LogP contribution >= 0.6 is 0 Å². The van der Waals surface area contributed by atoms with Crippen LogP contribution in [0.1, 0.15) is 43.5 Å². The summed E-state index contributed by atoms with van der Waals surface area (Å²) in [5, 5.41) is 2.65. The molecule has 0 spiro atoms. The number of benzene rings is 2. The molecule has 2 aromatic rings. The van der Waals surface area contributed by atoms with Crippen LogP contribution in [-0.2, 0) is 19.1 Å². The molecular weight excluding hydrogens is 436 g/mol. The molecule has 1 aliphatic carbocycles. The summed E-state index contributed by atoms with van der Waals surface area (Å²) in [6.45, 7) is 4.09. The Labute approximate surface area is 198 Å². The molecular formula is C26H28N2O6. The molecule has 178 valence electrons. The molecule has 3 atom stereocenters. The van der Waals surface area contributed by atoms with Crippen molar-refractivity contribution in [2.75, 3.05) is 23.4 Å². The molecule has 8 heteroatoms. The molecule has 1 saturated carbocycles. The zero-order valence-electron chi connectivity index (χ0n) is 19.3. The molecule has 1 saturated heterocycles. The largest absolute Gasteiger partial charge is 0.494 e. The van der Waals surface area contributed by atoms with Gasteiger partial charge in [-0.25, -0.2) is 4.79 Å². The number of rotatable bonds is 7. The van der Waals surface area contributed by atoms with E-state index in [1.807, 2.05) is 6.92 Å². The minimum Gasteiger partial charge on any atom is -0.494 e. The van der Waals surface area contributed by atoms with Crippen LogP contribution in [0.2, 0.25) is 0 Å². The molecule has 2 aromatic carbocycles. The first kappa shape index (κ1) is 23.5. The number of anilines is 2. The van der Waals surface area contributed by atoms with Crippen LogP contribution in [0.25, 0.3) is 0 Å². The van der Waals surface area contributed by atoms with Crippen LogP contribution < -0.4 is 15.0 Å². The lowest BCUT2D eigenvalue weighted by atomic mass is 9.76. The summed E-state index contributed by atoms with van der Waals surface area (Å²) in [5.41, 5.74) is 1.23. The van der Waals surface area contributed by atoms with Crippen molar-refractivity contribution < 1.29 is 28.7 Å². The third-order valence-electron chi connectivity index (χ3n) is 6.33. The Kier molecular flexibility index (Phi) is 6.95. The molecule has 2 fully saturated rings. The molecule has 0 radical (unpaired) electrons. The Bertz CT molecular complexity index is 1080. The van der Waals surface area contributed by atoms with Crippen LogP contribution in [0.5, 0.6) is 5.75 Å². The van der Waals surface area contributed by atoms with Crippen LogP contribution in [0.3, 0.4) is 0 Å². The van der Waals surface area contributed by atoms with Crippen molar-refractivity contribution in [2.24, 2.45) is 17.8 Å². The van der Waals surface area contributed by atoms with Gasteiger partial charge in [0.25, 0.3) is 5.91 Å². The predicted molar refractivity (Wildman–Crippen MR) is 125 cm³/mol. The summed E-state index contributed by atoms with van der Waals surface area (Å²) in [4.78, 5) is 51.4. The minimum absolute atomic E-state index is 0.164. The smallest absolute Gasteiger partial charge is 0.338 e. The zero-order valence-corrected chi connectivity index (χ0v) is 19.3. The van der Waals surface area contributed by atoms with Gasteiger partial charge in [-0.2, -0.15) is 0 Å². The fourth-order valence-corrected chi connectivity index (χ4v) is 4.60. The molecule has 0 bridgehead atoms. The van der Waals surface area contributed by atoms with Crippen LogP contribution in [-0.4, -0.2) is 36.9 Å². The summed E-state index contributed by atoms with van der Waals surface area (Å²) < 4.78 is 10.5. The van der Waals surface area contributed by atoms with E-state index < -0.39 is 18.5 Å². The second-order valence-electron chi connectivity index (χ2n) is 8.77. The normalized spacial score (nSPS) is 21.7. The number of esters is 1. The highest BCUT2D eigenvalue weighted by molar-refractivity contribution is 6.22. The van der Waals surface area contributed by atoms with Gasteiger partial charge in [-0.05, 0) is 80.6 Å². The number of ether oxygens (including phenoxy) is 2. The summed E-state index contributed by atoms with van der Waals surface area (Å²) >= 11 is 0. The van der Waals surface area contributed by atoms with E-state index in [2.05, 4.69) is 12.2 Å². The maximum Gasteiger partial charge on any atom is 0.338 e. The Balaban J connectivity index is 1.32. The molecule has 4 rings (SSSR count). The van der Waals surface area contributed by atoms with Crippen LogP contribution in [0, 0.1) is 17.8 Å². The Hall–Kier alpha value is -3.68. The first-order chi connectivity index (χ1) is 16.4. The number of hydrogen-bond donors (Lipinski definition) is 1. The molecule has 34 heavy (non-hydrogen) atoms. The number of nitrogens with zero attached hydrogens (tertiary/aromatic N) is 1. The Morgan fingerprint density at radius 2 is 1.65 bits per heavy atom. The zero-order chi connectivity index (χ0) is 24.2. The standard InChI is InChI=1S/C26H28N2O6/c1-3-33-20-11-7-18(8-12-20)27-23(29)15-34-26(32)17-5-9-19(10-6-17)28-24(30)21-13-4-16(2)14-22(21)25(28)31/h5-12,16,21-22H,3-4,13-15H2,1-2H3,(H,27,29)/t16-,21-,22+/m1/s1. The van der Waals surface area contributed by atoms with Gasteiger partial charge in [0.1, 0.15) is 5.75 Å². The van der Waals surface area contributed by atoms with E-state index in [4.69, 9.17) is 9.47 Å². The number of imide groups is 1. The number of hydrogen-bond acceptors (Lipinski definition) is 6. The molecule has 0 unspecified atom stereocenters. The van der Waals surface area contributed by atoms with Crippen molar-refractivity contribution >= 4 is 35.1 Å². The highest BCUT2D eigenvalue weighted by atomic mass is 16.5. The predicted octanol–water partition coefficient (Wildman–Crippen LogP) is 3.81. The number of carbonyl (C=O) groups excluding carboxylic acids is 4. The first-order valence-electron chi connectivity index (χ1n) is 11.5. The number of nitrogens with one attached hydrogen (secondary N) is 1. The Morgan fingerprint density at radius 1 is 0.971 bits per heavy atom. The lowest BCUT2D eigenvalue weighted by Crippen LogP contribution is -2.30. The van der Waals surface area contributed by atoms with Crippen LogP contribution in [0.4, 0.5) is 11.4 Å². The summed E-state index contributed by atoms with van der Waals surface area (Å²) in [5.74, 6) is -0.847. The quantitative estimate of drug-likeness (QED) is 0.494. The average molecular weight is 465 g/mol. The van der Waals surface area contributed by atoms with E-state index in [0.29, 0.717) is 29.6 Å². The third kappa shape index (κ3) is 4.95. The van der Waals surface area contributed by atoms with Gasteiger partial charge < -0.3 is 14.8 Å². The summed E-state index contributed by atoms with van der Waals surface area (Å²) in [6, 6.07) is 13.0. The van der Waals surface area contributed by atoms with Gasteiger partial charge in [-0.3, -0.25) is 19.3 Å². The summed E-state index contributed by atoms with van der Waals surface area (Å²) in [7, 11) is 0. The molecule has 8 nitrogen and oxygen atoms in total. The van der Waals surface area contributed by atoms with Gasteiger partial charge >= 0.3 is 5.97 Å². The van der Waals surface area contributed by atoms with E-state index >= 15 is 0 Å². The Morgan fingerprint density at radius 3 is 2.32 bits per heavy atom. The SMILES string of the molecule is CCOc1ccc(NC(=O)COC(=O)c2ccc(N3C(=O)[C@H]4C[C@H](C)CC[C@H]4C3=O)cc2)cc1. The van der Waals surface area contributed by atoms with Crippen molar-refractivity contribution in [1.29, 1.82) is 0 Å². The molecule has 2 aliphatic rings. The number of amides is 3. The van der Waals surface area contributed by atoms with Crippen molar-refractivity contribution in [3.05, 3.63) is 54.1 Å². The van der Waals surface area contributed by atoms with Gasteiger partial charge in [0.2, 0.25) is 11.8 Å². The van der Waals surface area contributed by atoms with Crippen LogP contribution in [0.15, 0.2) is 48.5 Å². The lowest BCUT2D eigenvalue weighted by Gasteiger charge is -2.25. The number of carbonyl (C=O) groups is 4. The second kappa shape index (κ2) is 10.1. The van der Waals surface area contributed by atoms with Crippen molar-refractivity contribution in [3.63, 3.8) is 0 Å². The molecule has 3 amide bonds. The van der Waals surface area contributed by atoms with Crippen molar-refractivity contribution in [3.8, 4) is 5.75 Å². The fourth-order valence-electron chi connectivity index (χ4n) is 4.60. The van der Waals surface area contributed by atoms with E-state index in [1.54, 1.807) is 36.4 Å². The van der Waals surface area contributed by atoms with Gasteiger partial charge in [0, 0.05) is 5.69 Å². The van der Waals surface area contributed by atoms with Crippen molar-refractivity contribution in [1.82, 2.24) is 0 Å². The maximum absolute atomic E-state index is 12.9. The molecule has 0 aromatic heterocycles. The third-order valence-corrected chi connectivity index (χ3v) is 6.33. The van der Waals surface area contributed by atoms with E-state index in [1.165, 1.54) is 17.0 Å². The number of fused-ring (bicyclic) bond motifs is 1. The van der Waals surface area contributed by atoms with Gasteiger partial charge in [-0.1, -0.05) is 6.92 Å². The van der Waals surface area contributed by atoms with E-state index in [9.17, 15) is 19.2 Å². The van der Waals surface area contributed by atoms with E-state index in [0.717, 1.165) is 19.3 Å². The maximum atomic E-state index is 12.9. The van der Waals surface area contributed by atoms with Crippen molar-refractivity contribution in [2.45, 2.75) is 33.1 Å². The van der Waals surface area contributed by atoms with Gasteiger partial charge in [0.15, 0.2) is 6.61 Å². The highest BCUT2D eigenvalue weighted by Crippen LogP contribution is 2.42. The monoisotopic (exact) mass is 464 g/mol. The highest BCUT2D eigenvalue weighted by Gasteiger charge is 2.49. The van der Waals surface area contributed by atoms with E-state index in [-0.39, 0.29) is 29.2 Å². The molecule has 1 heterocycles.